The maximum Gasteiger partial charge on any atom is 0.141 e. The third kappa shape index (κ3) is 2.39. The first kappa shape index (κ1) is 14.6. The van der Waals surface area contributed by atoms with Gasteiger partial charge in [0, 0.05) is 17.5 Å². The van der Waals surface area contributed by atoms with Crippen molar-refractivity contribution in [2.75, 3.05) is 0 Å². The highest BCUT2D eigenvalue weighted by atomic mass is 15.4. The minimum absolute atomic E-state index is 0.377. The molecule has 1 aliphatic rings. The standard InChI is InChI=1S/C17H17N7/c18-8-12(9-19)7-11-1-3-13(4-2-11)15-16-14-5-6-20-17(14)21-10-24(16)23-22-15/h5-6,10-13,20H,1-4,7H2. The van der Waals surface area contributed by atoms with Crippen LogP contribution >= 0.6 is 0 Å². The molecule has 0 spiro atoms. The van der Waals surface area contributed by atoms with Crippen LogP contribution in [0.4, 0.5) is 0 Å². The van der Waals surface area contributed by atoms with E-state index in [-0.39, 0.29) is 0 Å². The van der Waals surface area contributed by atoms with E-state index < -0.39 is 5.92 Å². The molecule has 0 aliphatic heterocycles. The highest BCUT2D eigenvalue weighted by Crippen LogP contribution is 2.39. The summed E-state index contributed by atoms with van der Waals surface area (Å²) in [6, 6.07) is 6.18. The number of hydrogen-bond acceptors (Lipinski definition) is 5. The van der Waals surface area contributed by atoms with E-state index in [4.69, 9.17) is 10.5 Å². The van der Waals surface area contributed by atoms with E-state index >= 15 is 0 Å². The molecule has 3 aromatic rings. The Balaban J connectivity index is 1.56. The van der Waals surface area contributed by atoms with Crippen LogP contribution in [0.2, 0.25) is 0 Å². The molecule has 0 saturated heterocycles. The van der Waals surface area contributed by atoms with E-state index in [2.05, 4.69) is 32.4 Å². The van der Waals surface area contributed by atoms with E-state index in [0.29, 0.717) is 18.3 Å². The number of nitriles is 2. The summed E-state index contributed by atoms with van der Waals surface area (Å²) in [6.07, 6.45) is 8.38. The van der Waals surface area contributed by atoms with Gasteiger partial charge >= 0.3 is 0 Å². The minimum Gasteiger partial charge on any atom is -0.346 e. The van der Waals surface area contributed by atoms with Gasteiger partial charge < -0.3 is 4.98 Å². The van der Waals surface area contributed by atoms with Crippen LogP contribution in [0.1, 0.15) is 43.7 Å². The second kappa shape index (κ2) is 5.93. The van der Waals surface area contributed by atoms with Crippen molar-refractivity contribution in [2.24, 2.45) is 11.8 Å². The van der Waals surface area contributed by atoms with Gasteiger partial charge in [-0.05, 0) is 44.1 Å². The summed E-state index contributed by atoms with van der Waals surface area (Å²) in [6.45, 7) is 0. The van der Waals surface area contributed by atoms with Crippen LogP contribution in [0, 0.1) is 34.5 Å². The molecule has 0 bridgehead atoms. The zero-order valence-corrected chi connectivity index (χ0v) is 13.2. The Morgan fingerprint density at radius 3 is 2.79 bits per heavy atom. The molecule has 1 aliphatic carbocycles. The molecule has 24 heavy (non-hydrogen) atoms. The van der Waals surface area contributed by atoms with Gasteiger partial charge in [-0.25, -0.2) is 9.50 Å². The van der Waals surface area contributed by atoms with Crippen molar-refractivity contribution in [1.82, 2.24) is 24.8 Å². The Morgan fingerprint density at radius 2 is 2.04 bits per heavy atom. The molecule has 0 unspecified atom stereocenters. The number of aromatic amines is 1. The maximum absolute atomic E-state index is 8.96. The van der Waals surface area contributed by atoms with Crippen LogP contribution in [0.3, 0.4) is 0 Å². The molecule has 0 atom stereocenters. The number of fused-ring (bicyclic) bond motifs is 3. The summed E-state index contributed by atoms with van der Waals surface area (Å²) in [5, 5.41) is 27.6. The van der Waals surface area contributed by atoms with Crippen molar-refractivity contribution in [3.63, 3.8) is 0 Å². The number of H-pyrrole nitrogens is 1. The molecule has 4 rings (SSSR count). The van der Waals surface area contributed by atoms with Crippen molar-refractivity contribution in [3.05, 3.63) is 24.3 Å². The Morgan fingerprint density at radius 1 is 1.25 bits per heavy atom. The predicted molar refractivity (Wildman–Crippen MR) is 86.7 cm³/mol. The van der Waals surface area contributed by atoms with Gasteiger partial charge in [-0.15, -0.1) is 5.10 Å². The van der Waals surface area contributed by atoms with Gasteiger partial charge in [-0.1, -0.05) is 5.21 Å². The molecule has 120 valence electrons. The fourth-order valence-electron chi connectivity index (χ4n) is 3.83. The largest absolute Gasteiger partial charge is 0.346 e. The van der Waals surface area contributed by atoms with Crippen molar-refractivity contribution in [3.8, 4) is 12.1 Å². The highest BCUT2D eigenvalue weighted by Gasteiger charge is 2.28. The molecular weight excluding hydrogens is 302 g/mol. The summed E-state index contributed by atoms with van der Waals surface area (Å²) in [7, 11) is 0. The lowest BCUT2D eigenvalue weighted by molar-refractivity contribution is 0.298. The smallest absolute Gasteiger partial charge is 0.141 e. The molecule has 1 fully saturated rings. The Bertz CT molecular complexity index is 933. The lowest BCUT2D eigenvalue weighted by Crippen LogP contribution is -2.16. The number of hydrogen-bond donors (Lipinski definition) is 1. The number of nitrogens with one attached hydrogen (secondary N) is 1. The van der Waals surface area contributed by atoms with Gasteiger partial charge in [0.15, 0.2) is 0 Å². The van der Waals surface area contributed by atoms with Crippen molar-refractivity contribution in [2.45, 2.75) is 38.0 Å². The van der Waals surface area contributed by atoms with Crippen molar-refractivity contribution >= 4 is 16.6 Å². The van der Waals surface area contributed by atoms with Crippen molar-refractivity contribution in [1.29, 1.82) is 10.5 Å². The molecule has 1 N–H and O–H groups in total. The topological polar surface area (TPSA) is 106 Å². The zero-order chi connectivity index (χ0) is 16.5. The fraction of sp³-hybridized carbons (Fsp3) is 0.471. The fourth-order valence-corrected chi connectivity index (χ4v) is 3.83. The molecule has 1 saturated carbocycles. The summed E-state index contributed by atoms with van der Waals surface area (Å²) >= 11 is 0. The van der Waals surface area contributed by atoms with Crippen LogP contribution in [0.15, 0.2) is 18.6 Å². The Kier molecular flexibility index (Phi) is 3.62. The van der Waals surface area contributed by atoms with Crippen molar-refractivity contribution < 1.29 is 0 Å². The molecule has 0 radical (unpaired) electrons. The monoisotopic (exact) mass is 319 g/mol. The maximum atomic E-state index is 8.96. The molecule has 7 nitrogen and oxygen atoms in total. The molecule has 3 heterocycles. The molecule has 7 heteroatoms. The second-order valence-corrected chi connectivity index (χ2v) is 6.52. The normalized spacial score (nSPS) is 21.1. The molecule has 3 aromatic heterocycles. The summed E-state index contributed by atoms with van der Waals surface area (Å²) in [5.41, 5.74) is 2.93. The molecular formula is C17H17N7. The first-order valence-corrected chi connectivity index (χ1v) is 8.26. The van der Waals surface area contributed by atoms with Gasteiger partial charge in [-0.2, -0.15) is 10.5 Å². The predicted octanol–water partition coefficient (Wildman–Crippen LogP) is 2.93. The SMILES string of the molecule is N#CC(C#N)CC1CCC(c2nnn3cnc4[nH]ccc4c23)CC1. The molecule has 0 amide bonds. The lowest BCUT2D eigenvalue weighted by Gasteiger charge is -2.27. The average Bonchev–Trinajstić information content (AvgIpc) is 3.26. The van der Waals surface area contributed by atoms with E-state index in [1.807, 2.05) is 12.3 Å². The van der Waals surface area contributed by atoms with Crippen LogP contribution < -0.4 is 0 Å². The van der Waals surface area contributed by atoms with Gasteiger partial charge in [-0.3, -0.25) is 0 Å². The van der Waals surface area contributed by atoms with Gasteiger partial charge in [0.25, 0.3) is 0 Å². The quantitative estimate of drug-likeness (QED) is 0.798. The van der Waals surface area contributed by atoms with Gasteiger partial charge in [0.1, 0.15) is 23.4 Å². The van der Waals surface area contributed by atoms with Crippen LogP contribution in [0.5, 0.6) is 0 Å². The average molecular weight is 319 g/mol. The number of aromatic nitrogens is 5. The lowest BCUT2D eigenvalue weighted by atomic mass is 9.77. The second-order valence-electron chi connectivity index (χ2n) is 6.52. The van der Waals surface area contributed by atoms with E-state index in [1.165, 1.54) is 0 Å². The van der Waals surface area contributed by atoms with Crippen LogP contribution in [0.25, 0.3) is 16.6 Å². The third-order valence-electron chi connectivity index (χ3n) is 5.11. The summed E-state index contributed by atoms with van der Waals surface area (Å²) in [5.74, 6) is 0.357. The van der Waals surface area contributed by atoms with Gasteiger partial charge in [0.2, 0.25) is 0 Å². The summed E-state index contributed by atoms with van der Waals surface area (Å²) < 4.78 is 1.75. The number of rotatable bonds is 3. The van der Waals surface area contributed by atoms with E-state index in [9.17, 15) is 0 Å². The van der Waals surface area contributed by atoms with E-state index in [1.54, 1.807) is 10.8 Å². The summed E-state index contributed by atoms with van der Waals surface area (Å²) in [4.78, 5) is 7.47. The minimum atomic E-state index is -0.479. The Hall–Kier alpha value is -2.93. The molecule has 0 aromatic carbocycles. The third-order valence-corrected chi connectivity index (χ3v) is 5.11. The van der Waals surface area contributed by atoms with Crippen LogP contribution in [-0.4, -0.2) is 24.8 Å². The highest BCUT2D eigenvalue weighted by molar-refractivity contribution is 5.92. The van der Waals surface area contributed by atoms with Gasteiger partial charge in [0.05, 0.1) is 17.8 Å². The van der Waals surface area contributed by atoms with Crippen LogP contribution in [-0.2, 0) is 0 Å². The Labute approximate surface area is 138 Å². The number of nitrogens with zero attached hydrogens (tertiary/aromatic N) is 6. The van der Waals surface area contributed by atoms with E-state index in [0.717, 1.165) is 47.9 Å². The zero-order valence-electron chi connectivity index (χ0n) is 13.2. The first-order valence-electron chi connectivity index (χ1n) is 8.26. The first-order chi connectivity index (χ1) is 11.8.